The van der Waals surface area contributed by atoms with Crippen LogP contribution in [0.1, 0.15) is 0 Å². The highest BCUT2D eigenvalue weighted by atomic mass is 79.9. The van der Waals surface area contributed by atoms with Gasteiger partial charge in [0.05, 0.1) is 0 Å². The minimum Gasteiger partial charge on any atom is -0.491 e. The second kappa shape index (κ2) is 4.91. The van der Waals surface area contributed by atoms with Crippen LogP contribution in [0.5, 0.6) is 5.75 Å². The molecule has 1 radical (unpaired) electrons. The highest BCUT2D eigenvalue weighted by Gasteiger charge is 2.19. The quantitative estimate of drug-likeness (QED) is 0.768. The van der Waals surface area contributed by atoms with Gasteiger partial charge in [-0.1, -0.05) is 34.1 Å². The van der Waals surface area contributed by atoms with Crippen molar-refractivity contribution in [2.24, 2.45) is 0 Å². The molecule has 0 saturated carbocycles. The van der Waals surface area contributed by atoms with E-state index in [2.05, 4.69) is 22.9 Å². The summed E-state index contributed by atoms with van der Waals surface area (Å²) in [6.07, 6.45) is 2.00. The van der Waals surface area contributed by atoms with Crippen molar-refractivity contribution in [3.8, 4) is 5.75 Å². The number of hydrogen-bond acceptors (Lipinski definition) is 2. The molecule has 0 amide bonds. The molecule has 0 heterocycles. The monoisotopic (exact) mass is 259 g/mol. The maximum atomic E-state index is 5.53. The molecule has 0 aliphatic heterocycles. The Hall–Kier alpha value is -0.150. The SMILES string of the molecule is [CH2]C(Br)(COc1ccccc1)SC. The van der Waals surface area contributed by atoms with Gasteiger partial charge in [0.2, 0.25) is 0 Å². The molecule has 1 nitrogen and oxygen atoms in total. The first-order valence-electron chi connectivity index (χ1n) is 3.91. The van der Waals surface area contributed by atoms with Crippen molar-refractivity contribution in [2.75, 3.05) is 12.9 Å². The maximum absolute atomic E-state index is 5.53. The molecule has 0 spiro atoms. The third kappa shape index (κ3) is 4.05. The summed E-state index contributed by atoms with van der Waals surface area (Å²) in [6.45, 7) is 4.51. The van der Waals surface area contributed by atoms with Crippen molar-refractivity contribution < 1.29 is 4.74 Å². The van der Waals surface area contributed by atoms with Gasteiger partial charge < -0.3 is 4.74 Å². The Morgan fingerprint density at radius 2 is 2.08 bits per heavy atom. The van der Waals surface area contributed by atoms with Gasteiger partial charge in [0.25, 0.3) is 0 Å². The lowest BCUT2D eigenvalue weighted by molar-refractivity contribution is 0.322. The number of para-hydroxylation sites is 1. The Morgan fingerprint density at radius 1 is 1.46 bits per heavy atom. The molecule has 1 aromatic rings. The van der Waals surface area contributed by atoms with Crippen molar-refractivity contribution in [3.05, 3.63) is 37.3 Å². The number of alkyl halides is 1. The minimum atomic E-state index is -0.247. The number of ether oxygens (including phenoxy) is 1. The first-order chi connectivity index (χ1) is 6.14. The van der Waals surface area contributed by atoms with Gasteiger partial charge in [0, 0.05) is 0 Å². The average Bonchev–Trinajstić information content (AvgIpc) is 2.17. The van der Waals surface area contributed by atoms with Gasteiger partial charge in [0.15, 0.2) is 0 Å². The van der Waals surface area contributed by atoms with Crippen LogP contribution >= 0.6 is 27.7 Å². The first-order valence-corrected chi connectivity index (χ1v) is 5.93. The van der Waals surface area contributed by atoms with Crippen LogP contribution in [0.15, 0.2) is 30.3 Å². The van der Waals surface area contributed by atoms with Crippen LogP contribution in [0, 0.1) is 6.92 Å². The Bertz CT molecular complexity index is 248. The average molecular weight is 260 g/mol. The number of rotatable bonds is 4. The molecular formula is C10H12BrOS. The lowest BCUT2D eigenvalue weighted by Crippen LogP contribution is -2.20. The van der Waals surface area contributed by atoms with Crippen molar-refractivity contribution in [1.82, 2.24) is 0 Å². The van der Waals surface area contributed by atoms with Gasteiger partial charge in [0.1, 0.15) is 16.0 Å². The van der Waals surface area contributed by atoms with Crippen LogP contribution in [-0.2, 0) is 0 Å². The molecule has 0 aliphatic carbocycles. The van der Waals surface area contributed by atoms with E-state index in [9.17, 15) is 0 Å². The third-order valence-corrected chi connectivity index (χ3v) is 3.61. The fourth-order valence-electron chi connectivity index (χ4n) is 0.767. The summed E-state index contributed by atoms with van der Waals surface area (Å²) >= 11 is 5.09. The fraction of sp³-hybridized carbons (Fsp3) is 0.300. The number of hydrogen-bond donors (Lipinski definition) is 0. The molecule has 1 atom stereocenters. The van der Waals surface area contributed by atoms with Crippen molar-refractivity contribution >= 4 is 27.7 Å². The summed E-state index contributed by atoms with van der Waals surface area (Å²) in [5.74, 6) is 0.879. The van der Waals surface area contributed by atoms with E-state index in [-0.39, 0.29) is 3.66 Å². The Labute approximate surface area is 92.0 Å². The van der Waals surface area contributed by atoms with Crippen LogP contribution in [0.25, 0.3) is 0 Å². The van der Waals surface area contributed by atoms with E-state index < -0.39 is 0 Å². The molecule has 3 heteroatoms. The maximum Gasteiger partial charge on any atom is 0.119 e. The van der Waals surface area contributed by atoms with Gasteiger partial charge in [-0.05, 0) is 25.3 Å². The van der Waals surface area contributed by atoms with Crippen LogP contribution in [0.3, 0.4) is 0 Å². The van der Waals surface area contributed by atoms with E-state index in [1.165, 1.54) is 0 Å². The van der Waals surface area contributed by atoms with E-state index in [1.54, 1.807) is 11.8 Å². The zero-order valence-electron chi connectivity index (χ0n) is 7.50. The molecule has 0 bridgehead atoms. The van der Waals surface area contributed by atoms with E-state index >= 15 is 0 Å². The summed E-state index contributed by atoms with van der Waals surface area (Å²) in [7, 11) is 0. The van der Waals surface area contributed by atoms with Gasteiger partial charge in [-0.3, -0.25) is 0 Å². The molecule has 1 aromatic carbocycles. The highest BCUT2D eigenvalue weighted by molar-refractivity contribution is 9.12. The number of benzene rings is 1. The summed E-state index contributed by atoms with van der Waals surface area (Å²) < 4.78 is 5.28. The molecular weight excluding hydrogens is 248 g/mol. The summed E-state index contributed by atoms with van der Waals surface area (Å²) in [5.41, 5.74) is 0. The van der Waals surface area contributed by atoms with Crippen LogP contribution < -0.4 is 4.74 Å². The summed E-state index contributed by atoms with van der Waals surface area (Å²) in [4.78, 5) is 0. The molecule has 13 heavy (non-hydrogen) atoms. The highest BCUT2D eigenvalue weighted by Crippen LogP contribution is 2.29. The van der Waals surface area contributed by atoms with Crippen LogP contribution in [0.2, 0.25) is 0 Å². The van der Waals surface area contributed by atoms with E-state index in [0.717, 1.165) is 5.75 Å². The lowest BCUT2D eigenvalue weighted by atomic mass is 10.3. The predicted octanol–water partition coefficient (Wildman–Crippen LogP) is 3.35. The number of halogens is 1. The second-order valence-corrected chi connectivity index (χ2v) is 5.92. The Kier molecular flexibility index (Phi) is 4.13. The molecule has 0 fully saturated rings. The lowest BCUT2D eigenvalue weighted by Gasteiger charge is -2.19. The summed E-state index contributed by atoms with van der Waals surface area (Å²) in [6, 6.07) is 9.74. The van der Waals surface area contributed by atoms with Crippen molar-refractivity contribution in [3.63, 3.8) is 0 Å². The van der Waals surface area contributed by atoms with Gasteiger partial charge >= 0.3 is 0 Å². The van der Waals surface area contributed by atoms with E-state index in [0.29, 0.717) is 6.61 Å². The Balaban J connectivity index is 2.44. The molecule has 0 N–H and O–H groups in total. The molecule has 0 aliphatic rings. The van der Waals surface area contributed by atoms with Crippen LogP contribution in [-0.4, -0.2) is 16.5 Å². The minimum absolute atomic E-state index is 0.247. The van der Waals surface area contributed by atoms with E-state index in [1.807, 2.05) is 36.6 Å². The smallest absolute Gasteiger partial charge is 0.119 e. The molecule has 0 aromatic heterocycles. The van der Waals surface area contributed by atoms with E-state index in [4.69, 9.17) is 4.74 Å². The van der Waals surface area contributed by atoms with Crippen LogP contribution in [0.4, 0.5) is 0 Å². The summed E-state index contributed by atoms with van der Waals surface area (Å²) in [5, 5.41) is 0. The molecule has 0 saturated heterocycles. The molecule has 1 rings (SSSR count). The largest absolute Gasteiger partial charge is 0.491 e. The Morgan fingerprint density at radius 3 is 2.62 bits per heavy atom. The van der Waals surface area contributed by atoms with Gasteiger partial charge in [-0.2, -0.15) is 0 Å². The second-order valence-electron chi connectivity index (χ2n) is 2.69. The molecule has 1 unspecified atom stereocenters. The van der Waals surface area contributed by atoms with Gasteiger partial charge in [-0.25, -0.2) is 0 Å². The fourth-order valence-corrected chi connectivity index (χ4v) is 1.06. The van der Waals surface area contributed by atoms with Crippen molar-refractivity contribution in [1.29, 1.82) is 0 Å². The normalized spacial score (nSPS) is 15.0. The topological polar surface area (TPSA) is 9.23 Å². The standard InChI is InChI=1S/C10H12BrOS/c1-10(11,13-2)8-12-9-6-4-3-5-7-9/h3-7H,1,8H2,2H3. The van der Waals surface area contributed by atoms with Gasteiger partial charge in [-0.15, -0.1) is 11.8 Å². The zero-order valence-corrected chi connectivity index (χ0v) is 9.90. The zero-order chi connectivity index (χ0) is 9.73. The van der Waals surface area contributed by atoms with Crippen molar-refractivity contribution in [2.45, 2.75) is 3.66 Å². The first kappa shape index (κ1) is 10.9. The third-order valence-electron chi connectivity index (χ3n) is 1.56. The number of thioether (sulfide) groups is 1. The molecule has 71 valence electrons. The predicted molar refractivity (Wildman–Crippen MR) is 62.5 cm³/mol.